The number of hydrogen-bond donors (Lipinski definition) is 1. The van der Waals surface area contributed by atoms with Gasteiger partial charge >= 0.3 is 0 Å². The summed E-state index contributed by atoms with van der Waals surface area (Å²) >= 11 is 1.55. The van der Waals surface area contributed by atoms with Crippen molar-refractivity contribution in [1.82, 2.24) is 19.8 Å². The van der Waals surface area contributed by atoms with Crippen molar-refractivity contribution in [2.45, 2.75) is 25.3 Å². The zero-order chi connectivity index (χ0) is 11.1. The highest BCUT2D eigenvalue weighted by Crippen LogP contribution is 2.28. The van der Waals surface area contributed by atoms with Crippen LogP contribution in [0.25, 0.3) is 4.96 Å². The first-order chi connectivity index (χ1) is 7.79. The number of aryl methyl sites for hydroxylation is 1. The molecule has 0 bridgehead atoms. The third-order valence-corrected chi connectivity index (χ3v) is 3.86. The van der Waals surface area contributed by atoms with E-state index in [1.54, 1.807) is 11.3 Å². The van der Waals surface area contributed by atoms with Gasteiger partial charge in [-0.05, 0) is 0 Å². The molecule has 2 N–H and O–H groups in total. The molecule has 2 atom stereocenters. The van der Waals surface area contributed by atoms with E-state index in [1.165, 1.54) is 0 Å². The van der Waals surface area contributed by atoms with Crippen molar-refractivity contribution in [2.24, 2.45) is 5.73 Å². The molecule has 16 heavy (non-hydrogen) atoms. The lowest BCUT2D eigenvalue weighted by molar-refractivity contribution is 0.191. The van der Waals surface area contributed by atoms with Crippen molar-refractivity contribution in [1.29, 1.82) is 0 Å². The molecular formula is C9H13N5OS. The fraction of sp³-hybridized carbons (Fsp3) is 0.667. The quantitative estimate of drug-likeness (QED) is 0.809. The number of fused-ring (bicyclic) bond motifs is 1. The highest BCUT2D eigenvalue weighted by Gasteiger charge is 2.30. The lowest BCUT2D eigenvalue weighted by Crippen LogP contribution is -2.26. The van der Waals surface area contributed by atoms with Crippen LogP contribution in [0.3, 0.4) is 0 Å². The highest BCUT2D eigenvalue weighted by atomic mass is 32.1. The molecule has 1 aliphatic heterocycles. The summed E-state index contributed by atoms with van der Waals surface area (Å²) in [6.07, 6.45) is 0.831. The largest absolute Gasteiger partial charge is 0.379 e. The van der Waals surface area contributed by atoms with Gasteiger partial charge in [-0.2, -0.15) is 9.61 Å². The molecule has 0 saturated carbocycles. The molecule has 2 aromatic rings. The number of ether oxygens (including phenoxy) is 1. The third kappa shape index (κ3) is 1.43. The minimum atomic E-state index is 0.0499. The molecular weight excluding hydrogens is 226 g/mol. The molecule has 1 saturated heterocycles. The van der Waals surface area contributed by atoms with E-state index >= 15 is 0 Å². The maximum absolute atomic E-state index is 5.97. The number of nitrogens with two attached hydrogens (primary N) is 1. The van der Waals surface area contributed by atoms with Gasteiger partial charge in [0.15, 0.2) is 5.82 Å². The third-order valence-electron chi connectivity index (χ3n) is 2.83. The van der Waals surface area contributed by atoms with Crippen molar-refractivity contribution < 1.29 is 4.74 Å². The predicted molar refractivity (Wildman–Crippen MR) is 59.6 cm³/mol. The Hall–Kier alpha value is -1.05. The first-order valence-corrected chi connectivity index (χ1v) is 6.15. The van der Waals surface area contributed by atoms with Gasteiger partial charge in [0.25, 0.3) is 0 Å². The fourth-order valence-corrected chi connectivity index (χ4v) is 2.89. The Kier molecular flexibility index (Phi) is 2.38. The summed E-state index contributed by atoms with van der Waals surface area (Å²) < 4.78 is 7.16. The molecule has 0 radical (unpaired) electrons. The second-order valence-electron chi connectivity index (χ2n) is 3.91. The smallest absolute Gasteiger partial charge is 0.234 e. The minimum absolute atomic E-state index is 0.0499. The summed E-state index contributed by atoms with van der Waals surface area (Å²) in [4.78, 5) is 0.839. The van der Waals surface area contributed by atoms with Gasteiger partial charge in [-0.25, -0.2) is 0 Å². The van der Waals surface area contributed by atoms with Crippen molar-refractivity contribution in [2.75, 3.05) is 13.2 Å². The summed E-state index contributed by atoms with van der Waals surface area (Å²) in [6.45, 7) is 3.32. The molecule has 3 rings (SSSR count). The van der Waals surface area contributed by atoms with Crippen LogP contribution in [0.15, 0.2) is 0 Å². The number of hydrogen-bond acceptors (Lipinski definition) is 6. The molecule has 0 aromatic carbocycles. The van der Waals surface area contributed by atoms with E-state index in [9.17, 15) is 0 Å². The van der Waals surface area contributed by atoms with Crippen LogP contribution in [-0.4, -0.2) is 39.1 Å². The summed E-state index contributed by atoms with van der Waals surface area (Å²) in [5.74, 6) is 1.10. The topological polar surface area (TPSA) is 78.3 Å². The van der Waals surface area contributed by atoms with Crippen LogP contribution < -0.4 is 5.73 Å². The van der Waals surface area contributed by atoms with Gasteiger partial charge in [0.05, 0.1) is 19.1 Å². The molecule has 0 amide bonds. The Morgan fingerprint density at radius 1 is 1.50 bits per heavy atom. The number of nitrogens with zero attached hydrogens (tertiary/aromatic N) is 4. The monoisotopic (exact) mass is 239 g/mol. The Bertz CT molecular complexity index is 507. The van der Waals surface area contributed by atoms with E-state index in [-0.39, 0.29) is 12.0 Å². The summed E-state index contributed by atoms with van der Waals surface area (Å²) in [5.41, 5.74) is 5.97. The van der Waals surface area contributed by atoms with Crippen LogP contribution in [0, 0.1) is 0 Å². The normalized spacial score (nSPS) is 25.6. The molecule has 86 valence electrons. The first-order valence-electron chi connectivity index (χ1n) is 5.34. The van der Waals surface area contributed by atoms with Crippen LogP contribution in [0.5, 0.6) is 0 Å². The van der Waals surface area contributed by atoms with Crippen LogP contribution >= 0.6 is 11.3 Å². The van der Waals surface area contributed by atoms with Gasteiger partial charge in [-0.3, -0.25) is 0 Å². The van der Waals surface area contributed by atoms with Gasteiger partial charge in [0.2, 0.25) is 4.96 Å². The second-order valence-corrected chi connectivity index (χ2v) is 4.90. The summed E-state index contributed by atoms with van der Waals surface area (Å²) in [5, 5.41) is 13.7. The average Bonchev–Trinajstić information content (AvgIpc) is 2.90. The van der Waals surface area contributed by atoms with Gasteiger partial charge in [0.1, 0.15) is 5.01 Å². The average molecular weight is 239 g/mol. The van der Waals surface area contributed by atoms with E-state index in [0.717, 1.165) is 22.2 Å². The SMILES string of the molecule is CCc1nnc2sc(C3COCC3N)nn12. The molecule has 1 fully saturated rings. The maximum Gasteiger partial charge on any atom is 0.234 e. The van der Waals surface area contributed by atoms with Crippen LogP contribution in [-0.2, 0) is 11.2 Å². The van der Waals surface area contributed by atoms with E-state index in [4.69, 9.17) is 10.5 Å². The van der Waals surface area contributed by atoms with Crippen molar-refractivity contribution in [3.05, 3.63) is 10.8 Å². The minimum Gasteiger partial charge on any atom is -0.379 e. The standard InChI is InChI=1S/C9H13N5OS/c1-2-7-11-12-9-14(7)13-8(16-9)5-3-15-4-6(5)10/h5-6H,2-4,10H2,1H3. The maximum atomic E-state index is 5.97. The molecule has 2 unspecified atom stereocenters. The van der Waals surface area contributed by atoms with Crippen LogP contribution in [0.1, 0.15) is 23.7 Å². The van der Waals surface area contributed by atoms with Gasteiger partial charge < -0.3 is 10.5 Å². The van der Waals surface area contributed by atoms with E-state index < -0.39 is 0 Å². The summed E-state index contributed by atoms with van der Waals surface area (Å²) in [7, 11) is 0. The van der Waals surface area contributed by atoms with Crippen molar-refractivity contribution in [3.8, 4) is 0 Å². The lowest BCUT2D eigenvalue weighted by Gasteiger charge is -2.07. The van der Waals surface area contributed by atoms with Crippen LogP contribution in [0.2, 0.25) is 0 Å². The molecule has 3 heterocycles. The van der Waals surface area contributed by atoms with E-state index in [2.05, 4.69) is 15.3 Å². The lowest BCUT2D eigenvalue weighted by atomic mass is 10.1. The Morgan fingerprint density at radius 3 is 3.06 bits per heavy atom. The molecule has 0 aliphatic carbocycles. The van der Waals surface area contributed by atoms with E-state index in [1.807, 2.05) is 11.4 Å². The Morgan fingerprint density at radius 2 is 2.38 bits per heavy atom. The zero-order valence-electron chi connectivity index (χ0n) is 8.96. The molecule has 7 heteroatoms. The molecule has 6 nitrogen and oxygen atoms in total. The first kappa shape index (κ1) is 10.1. The predicted octanol–water partition coefficient (Wildman–Crippen LogP) is 0.189. The Balaban J connectivity index is 2.01. The summed E-state index contributed by atoms with van der Waals surface area (Å²) in [6, 6.07) is 0.0499. The van der Waals surface area contributed by atoms with E-state index in [0.29, 0.717) is 13.2 Å². The Labute approximate surface area is 96.4 Å². The number of rotatable bonds is 2. The van der Waals surface area contributed by atoms with Crippen LogP contribution in [0.4, 0.5) is 0 Å². The second kappa shape index (κ2) is 3.76. The van der Waals surface area contributed by atoms with Gasteiger partial charge in [0, 0.05) is 12.5 Å². The number of aromatic nitrogens is 4. The van der Waals surface area contributed by atoms with Gasteiger partial charge in [-0.15, -0.1) is 10.2 Å². The van der Waals surface area contributed by atoms with Crippen molar-refractivity contribution >= 4 is 16.3 Å². The molecule has 1 aliphatic rings. The highest BCUT2D eigenvalue weighted by molar-refractivity contribution is 7.16. The van der Waals surface area contributed by atoms with Gasteiger partial charge in [-0.1, -0.05) is 18.3 Å². The molecule has 0 spiro atoms. The molecule has 2 aromatic heterocycles. The fourth-order valence-electron chi connectivity index (χ4n) is 1.87. The zero-order valence-corrected chi connectivity index (χ0v) is 9.78. The van der Waals surface area contributed by atoms with Crippen molar-refractivity contribution in [3.63, 3.8) is 0 Å².